The predicted octanol–water partition coefficient (Wildman–Crippen LogP) is 1.26. The molecular weight excluding hydrogens is 238 g/mol. The molecule has 0 aromatic carbocycles. The number of rotatable bonds is 2. The lowest BCUT2D eigenvalue weighted by Crippen LogP contribution is -2.35. The van der Waals surface area contributed by atoms with E-state index in [-0.39, 0.29) is 18.1 Å². The van der Waals surface area contributed by atoms with Gasteiger partial charge in [-0.05, 0) is 19.8 Å². The molecule has 0 saturated carbocycles. The zero-order chi connectivity index (χ0) is 12.5. The van der Waals surface area contributed by atoms with Crippen molar-refractivity contribution in [3.63, 3.8) is 0 Å². The van der Waals surface area contributed by atoms with Gasteiger partial charge in [0, 0.05) is 18.7 Å². The average molecular weight is 255 g/mol. The molecule has 2 aliphatic heterocycles. The molecule has 17 heavy (non-hydrogen) atoms. The Hall–Kier alpha value is -1.10. The lowest BCUT2D eigenvalue weighted by molar-refractivity contribution is -0.129. The molecule has 94 valence electrons. The van der Waals surface area contributed by atoms with Gasteiger partial charge in [0.25, 0.3) is 0 Å². The van der Waals surface area contributed by atoms with Crippen LogP contribution in [-0.2, 0) is 14.6 Å². The Morgan fingerprint density at radius 1 is 1.53 bits per heavy atom. The standard InChI is InChI=1S/C12H17NO3S/c1-10-5-2-3-7-13(10)12(14)9-11-6-4-8-17(11,15)16/h4-6,11H,2-3,7-9H2,1H3. The number of hydrogen-bond donors (Lipinski definition) is 0. The maximum atomic E-state index is 12.0. The highest BCUT2D eigenvalue weighted by Crippen LogP contribution is 2.20. The maximum absolute atomic E-state index is 12.0. The maximum Gasteiger partial charge on any atom is 0.228 e. The van der Waals surface area contributed by atoms with Gasteiger partial charge in [-0.15, -0.1) is 0 Å². The van der Waals surface area contributed by atoms with Crippen molar-refractivity contribution in [1.29, 1.82) is 0 Å². The summed E-state index contributed by atoms with van der Waals surface area (Å²) in [5.41, 5.74) is 0.945. The van der Waals surface area contributed by atoms with Crippen LogP contribution in [0.5, 0.6) is 0 Å². The van der Waals surface area contributed by atoms with Crippen molar-refractivity contribution in [3.8, 4) is 0 Å². The van der Waals surface area contributed by atoms with E-state index < -0.39 is 15.1 Å². The first-order chi connectivity index (χ1) is 8.00. The van der Waals surface area contributed by atoms with E-state index in [1.54, 1.807) is 17.1 Å². The fourth-order valence-electron chi connectivity index (χ4n) is 2.23. The van der Waals surface area contributed by atoms with Crippen molar-refractivity contribution < 1.29 is 13.2 Å². The molecule has 1 amide bonds. The highest BCUT2D eigenvalue weighted by atomic mass is 32.2. The summed E-state index contributed by atoms with van der Waals surface area (Å²) in [7, 11) is -3.12. The Kier molecular flexibility index (Phi) is 3.38. The summed E-state index contributed by atoms with van der Waals surface area (Å²) in [6.07, 6.45) is 7.32. The molecule has 0 bridgehead atoms. The first-order valence-corrected chi connectivity index (χ1v) is 7.57. The summed E-state index contributed by atoms with van der Waals surface area (Å²) in [5.74, 6) is -0.0154. The van der Waals surface area contributed by atoms with Gasteiger partial charge in [0.1, 0.15) is 0 Å². The van der Waals surface area contributed by atoms with Crippen LogP contribution >= 0.6 is 0 Å². The Balaban J connectivity index is 2.05. The number of carbonyl (C=O) groups excluding carboxylic acids is 1. The second kappa shape index (κ2) is 4.64. The molecule has 5 heteroatoms. The molecule has 0 spiro atoms. The van der Waals surface area contributed by atoms with Crippen LogP contribution in [0.2, 0.25) is 0 Å². The third-order valence-electron chi connectivity index (χ3n) is 3.27. The number of hydrogen-bond acceptors (Lipinski definition) is 3. The summed E-state index contributed by atoms with van der Waals surface area (Å²) in [4.78, 5) is 13.7. The second-order valence-corrected chi connectivity index (χ2v) is 6.80. The van der Waals surface area contributed by atoms with Crippen LogP contribution < -0.4 is 0 Å². The van der Waals surface area contributed by atoms with Crippen LogP contribution in [0.1, 0.15) is 26.2 Å². The van der Waals surface area contributed by atoms with Gasteiger partial charge in [-0.1, -0.05) is 18.2 Å². The van der Waals surface area contributed by atoms with Crippen molar-refractivity contribution >= 4 is 15.7 Å². The summed E-state index contributed by atoms with van der Waals surface area (Å²) < 4.78 is 23.2. The molecule has 0 aromatic heterocycles. The van der Waals surface area contributed by atoms with E-state index in [1.807, 2.05) is 13.0 Å². The molecule has 1 atom stereocenters. The Labute approximate surface area is 102 Å². The highest BCUT2D eigenvalue weighted by molar-refractivity contribution is 7.92. The quantitative estimate of drug-likeness (QED) is 0.698. The lowest BCUT2D eigenvalue weighted by atomic mass is 10.1. The van der Waals surface area contributed by atoms with E-state index in [0.29, 0.717) is 6.54 Å². The molecule has 0 aromatic rings. The Morgan fingerprint density at radius 3 is 2.88 bits per heavy atom. The van der Waals surface area contributed by atoms with E-state index >= 15 is 0 Å². The molecule has 0 saturated heterocycles. The van der Waals surface area contributed by atoms with Crippen molar-refractivity contribution in [2.75, 3.05) is 12.3 Å². The summed E-state index contributed by atoms with van der Waals surface area (Å²) >= 11 is 0. The fourth-order valence-corrected chi connectivity index (χ4v) is 3.60. The van der Waals surface area contributed by atoms with Crippen molar-refractivity contribution in [3.05, 3.63) is 23.9 Å². The van der Waals surface area contributed by atoms with Gasteiger partial charge < -0.3 is 4.90 Å². The molecule has 0 fully saturated rings. The Bertz CT molecular complexity index is 476. The van der Waals surface area contributed by atoms with Gasteiger partial charge >= 0.3 is 0 Å². The SMILES string of the molecule is CC1=CCCCN1C(=O)CC1C=CCS1(=O)=O. The fraction of sp³-hybridized carbons (Fsp3) is 0.583. The molecule has 1 unspecified atom stereocenters. The first kappa shape index (κ1) is 12.4. The monoisotopic (exact) mass is 255 g/mol. The number of sulfone groups is 1. The minimum absolute atomic E-state index is 0.0692. The minimum Gasteiger partial charge on any atom is -0.317 e. The predicted molar refractivity (Wildman–Crippen MR) is 66.0 cm³/mol. The molecule has 2 aliphatic rings. The van der Waals surface area contributed by atoms with Crippen LogP contribution in [0.15, 0.2) is 23.9 Å². The van der Waals surface area contributed by atoms with Crippen LogP contribution in [0.4, 0.5) is 0 Å². The Morgan fingerprint density at radius 2 is 2.29 bits per heavy atom. The molecule has 0 N–H and O–H groups in total. The van der Waals surface area contributed by atoms with Gasteiger partial charge in [0.05, 0.1) is 11.0 Å². The summed E-state index contributed by atoms with van der Waals surface area (Å²) in [6.45, 7) is 2.60. The topological polar surface area (TPSA) is 54.5 Å². The minimum atomic E-state index is -3.12. The van der Waals surface area contributed by atoms with Crippen LogP contribution in [-0.4, -0.2) is 36.8 Å². The first-order valence-electron chi connectivity index (χ1n) is 5.86. The molecule has 0 radical (unpaired) electrons. The van der Waals surface area contributed by atoms with E-state index in [9.17, 15) is 13.2 Å². The largest absolute Gasteiger partial charge is 0.317 e. The zero-order valence-corrected chi connectivity index (χ0v) is 10.7. The van der Waals surface area contributed by atoms with Crippen LogP contribution in [0, 0.1) is 0 Å². The van der Waals surface area contributed by atoms with E-state index in [4.69, 9.17) is 0 Å². The van der Waals surface area contributed by atoms with Gasteiger partial charge in [-0.25, -0.2) is 8.42 Å². The number of allylic oxidation sites excluding steroid dienone is 2. The number of amides is 1. The molecule has 2 rings (SSSR count). The third-order valence-corrected chi connectivity index (χ3v) is 5.17. The van der Waals surface area contributed by atoms with Crippen molar-refractivity contribution in [2.24, 2.45) is 0 Å². The molecule has 4 nitrogen and oxygen atoms in total. The zero-order valence-electron chi connectivity index (χ0n) is 9.93. The molecular formula is C12H17NO3S. The number of nitrogens with zero attached hydrogens (tertiary/aromatic N) is 1. The van der Waals surface area contributed by atoms with E-state index in [1.165, 1.54) is 0 Å². The van der Waals surface area contributed by atoms with Crippen molar-refractivity contribution in [1.82, 2.24) is 4.90 Å². The average Bonchev–Trinajstić information content (AvgIpc) is 2.59. The molecule has 2 heterocycles. The second-order valence-electron chi connectivity index (χ2n) is 4.53. The molecule has 0 aliphatic carbocycles. The highest BCUT2D eigenvalue weighted by Gasteiger charge is 2.30. The van der Waals surface area contributed by atoms with Gasteiger partial charge in [-0.2, -0.15) is 0 Å². The smallest absolute Gasteiger partial charge is 0.228 e. The van der Waals surface area contributed by atoms with Gasteiger partial charge in [-0.3, -0.25) is 4.79 Å². The summed E-state index contributed by atoms with van der Waals surface area (Å²) in [6, 6.07) is 0. The van der Waals surface area contributed by atoms with Crippen LogP contribution in [0.25, 0.3) is 0 Å². The van der Waals surface area contributed by atoms with Gasteiger partial charge in [0.15, 0.2) is 9.84 Å². The number of carbonyl (C=O) groups is 1. The summed E-state index contributed by atoms with van der Waals surface area (Å²) in [5, 5.41) is -0.621. The lowest BCUT2D eigenvalue weighted by Gasteiger charge is -2.27. The normalized spacial score (nSPS) is 27.0. The van der Waals surface area contributed by atoms with Crippen LogP contribution in [0.3, 0.4) is 0 Å². The van der Waals surface area contributed by atoms with E-state index in [2.05, 4.69) is 0 Å². The van der Waals surface area contributed by atoms with Gasteiger partial charge in [0.2, 0.25) is 5.91 Å². The third kappa shape index (κ3) is 2.60. The van der Waals surface area contributed by atoms with Crippen molar-refractivity contribution in [2.45, 2.75) is 31.4 Å². The van der Waals surface area contributed by atoms with E-state index in [0.717, 1.165) is 18.5 Å².